The Morgan fingerprint density at radius 1 is 1.45 bits per heavy atom. The number of imidazole rings is 1. The molecule has 1 saturated heterocycles. The lowest BCUT2D eigenvalue weighted by Gasteiger charge is -2.32. The fourth-order valence-electron chi connectivity index (χ4n) is 2.96. The number of nitrogen functional groups attached to an aromatic ring is 1. The number of H-pyrrole nitrogens is 1. The fourth-order valence-corrected chi connectivity index (χ4v) is 2.96. The number of rotatable bonds is 3. The van der Waals surface area contributed by atoms with E-state index < -0.39 is 0 Å². The lowest BCUT2D eigenvalue weighted by atomic mass is 9.92. The number of aliphatic hydroxyl groups is 1. The van der Waals surface area contributed by atoms with Crippen LogP contribution in [0.2, 0.25) is 0 Å². The Kier molecular flexibility index (Phi) is 3.63. The predicted molar refractivity (Wildman–Crippen MR) is 80.2 cm³/mol. The molecule has 5 nitrogen and oxygen atoms in total. The number of hydrogen-bond donors (Lipinski definition) is 3. The first-order chi connectivity index (χ1) is 9.61. The topological polar surface area (TPSA) is 78.2 Å². The maximum absolute atomic E-state index is 9.63. The molecule has 5 heteroatoms. The van der Waals surface area contributed by atoms with E-state index in [1.165, 1.54) is 0 Å². The van der Waals surface area contributed by atoms with Gasteiger partial charge in [-0.1, -0.05) is 0 Å². The van der Waals surface area contributed by atoms with Crippen molar-refractivity contribution >= 4 is 16.7 Å². The molecule has 108 valence electrons. The third kappa shape index (κ3) is 2.78. The average Bonchev–Trinajstić information content (AvgIpc) is 2.80. The van der Waals surface area contributed by atoms with Gasteiger partial charge in [-0.3, -0.25) is 4.90 Å². The number of hydrogen-bond acceptors (Lipinski definition) is 4. The number of nitrogens with zero attached hydrogens (tertiary/aromatic N) is 2. The number of nitrogens with two attached hydrogens (primary N) is 1. The molecule has 2 heterocycles. The normalized spacial score (nSPS) is 19.5. The van der Waals surface area contributed by atoms with Crippen LogP contribution in [0.4, 0.5) is 5.69 Å². The zero-order valence-corrected chi connectivity index (χ0v) is 11.8. The van der Waals surface area contributed by atoms with Crippen molar-refractivity contribution < 1.29 is 5.11 Å². The first kappa shape index (κ1) is 13.4. The molecule has 0 amide bonds. The molecule has 0 aliphatic carbocycles. The number of fused-ring (bicyclic) bond motifs is 1. The molecule has 4 N–H and O–H groups in total. The number of piperidine rings is 1. The fraction of sp³-hybridized carbons (Fsp3) is 0.533. The van der Waals surface area contributed by atoms with Crippen LogP contribution in [-0.4, -0.2) is 39.2 Å². The molecule has 0 bridgehead atoms. The molecule has 0 radical (unpaired) electrons. The number of benzene rings is 1. The molecular formula is C15H22N4O. The molecule has 1 fully saturated rings. The molecule has 1 aliphatic rings. The second kappa shape index (κ2) is 5.42. The molecule has 1 aromatic carbocycles. The number of aromatic amines is 1. The Hall–Kier alpha value is -1.59. The summed E-state index contributed by atoms with van der Waals surface area (Å²) < 4.78 is 0. The van der Waals surface area contributed by atoms with Gasteiger partial charge in [0.05, 0.1) is 23.7 Å². The third-order valence-electron chi connectivity index (χ3n) is 4.24. The van der Waals surface area contributed by atoms with E-state index in [-0.39, 0.29) is 6.10 Å². The highest BCUT2D eigenvalue weighted by Gasteiger charge is 2.23. The second-order valence-corrected chi connectivity index (χ2v) is 5.81. The van der Waals surface area contributed by atoms with Crippen molar-refractivity contribution in [3.63, 3.8) is 0 Å². The number of likely N-dealkylation sites (tertiary alicyclic amines) is 1. The molecule has 1 unspecified atom stereocenters. The molecular weight excluding hydrogens is 252 g/mol. The summed E-state index contributed by atoms with van der Waals surface area (Å²) in [7, 11) is 0. The van der Waals surface area contributed by atoms with E-state index >= 15 is 0 Å². The van der Waals surface area contributed by atoms with E-state index in [4.69, 9.17) is 5.73 Å². The number of anilines is 1. The van der Waals surface area contributed by atoms with Crippen molar-refractivity contribution in [2.75, 3.05) is 18.8 Å². The van der Waals surface area contributed by atoms with E-state index in [1.54, 1.807) is 0 Å². The lowest BCUT2D eigenvalue weighted by molar-refractivity contribution is 0.0688. The van der Waals surface area contributed by atoms with Crippen molar-refractivity contribution in [1.82, 2.24) is 14.9 Å². The standard InChI is InChI=1S/C15H22N4O/c1-10(20)11-4-6-19(7-5-11)9-15-17-13-3-2-12(16)8-14(13)18-15/h2-3,8,10-11,20H,4-7,9,16H2,1H3,(H,17,18). The quantitative estimate of drug-likeness (QED) is 0.745. The van der Waals surface area contributed by atoms with Gasteiger partial charge in [-0.25, -0.2) is 4.98 Å². The summed E-state index contributed by atoms with van der Waals surface area (Å²) in [6.45, 7) is 4.77. The largest absolute Gasteiger partial charge is 0.399 e. The number of aromatic nitrogens is 2. The first-order valence-electron chi connectivity index (χ1n) is 7.26. The molecule has 3 rings (SSSR count). The maximum atomic E-state index is 9.63. The number of aliphatic hydroxyl groups excluding tert-OH is 1. The Morgan fingerprint density at radius 2 is 2.20 bits per heavy atom. The van der Waals surface area contributed by atoms with Crippen LogP contribution in [0.5, 0.6) is 0 Å². The molecule has 1 aromatic heterocycles. The summed E-state index contributed by atoms with van der Waals surface area (Å²) in [6.07, 6.45) is 1.93. The monoisotopic (exact) mass is 274 g/mol. The average molecular weight is 274 g/mol. The zero-order valence-electron chi connectivity index (χ0n) is 11.8. The zero-order chi connectivity index (χ0) is 14.1. The second-order valence-electron chi connectivity index (χ2n) is 5.81. The lowest BCUT2D eigenvalue weighted by Crippen LogP contribution is -2.36. The van der Waals surface area contributed by atoms with Gasteiger partial charge in [-0.15, -0.1) is 0 Å². The van der Waals surface area contributed by atoms with Crippen LogP contribution >= 0.6 is 0 Å². The Bertz CT molecular complexity index is 585. The van der Waals surface area contributed by atoms with Crippen LogP contribution in [0.3, 0.4) is 0 Å². The van der Waals surface area contributed by atoms with Crippen LogP contribution in [0.15, 0.2) is 18.2 Å². The van der Waals surface area contributed by atoms with Gasteiger partial charge in [0.25, 0.3) is 0 Å². The van der Waals surface area contributed by atoms with Crippen molar-refractivity contribution in [2.24, 2.45) is 5.92 Å². The third-order valence-corrected chi connectivity index (χ3v) is 4.24. The Morgan fingerprint density at radius 3 is 2.90 bits per heavy atom. The minimum atomic E-state index is -0.189. The van der Waals surface area contributed by atoms with Gasteiger partial charge in [0, 0.05) is 5.69 Å². The van der Waals surface area contributed by atoms with Gasteiger partial charge in [-0.2, -0.15) is 0 Å². The molecule has 0 saturated carbocycles. The highest BCUT2D eigenvalue weighted by atomic mass is 16.3. The van der Waals surface area contributed by atoms with Gasteiger partial charge >= 0.3 is 0 Å². The van der Waals surface area contributed by atoms with E-state index in [9.17, 15) is 5.11 Å². The van der Waals surface area contributed by atoms with Crippen LogP contribution < -0.4 is 5.73 Å². The molecule has 2 aromatic rings. The smallest absolute Gasteiger partial charge is 0.121 e. The molecule has 1 atom stereocenters. The highest BCUT2D eigenvalue weighted by Crippen LogP contribution is 2.22. The maximum Gasteiger partial charge on any atom is 0.121 e. The van der Waals surface area contributed by atoms with Crippen LogP contribution in [0, 0.1) is 5.92 Å². The minimum absolute atomic E-state index is 0.189. The van der Waals surface area contributed by atoms with Gasteiger partial charge in [0.1, 0.15) is 5.82 Å². The molecule has 0 spiro atoms. The van der Waals surface area contributed by atoms with Gasteiger partial charge < -0.3 is 15.8 Å². The molecule has 20 heavy (non-hydrogen) atoms. The molecule has 1 aliphatic heterocycles. The van der Waals surface area contributed by atoms with Crippen LogP contribution in [0.1, 0.15) is 25.6 Å². The first-order valence-corrected chi connectivity index (χ1v) is 7.26. The Labute approximate surface area is 118 Å². The van der Waals surface area contributed by atoms with Crippen molar-refractivity contribution in [3.05, 3.63) is 24.0 Å². The summed E-state index contributed by atoms with van der Waals surface area (Å²) in [4.78, 5) is 10.3. The van der Waals surface area contributed by atoms with E-state index in [0.29, 0.717) is 5.92 Å². The van der Waals surface area contributed by atoms with Crippen molar-refractivity contribution in [2.45, 2.75) is 32.4 Å². The SMILES string of the molecule is CC(O)C1CCN(Cc2nc3ccc(N)cc3[nH]2)CC1. The van der Waals surface area contributed by atoms with Crippen LogP contribution in [0.25, 0.3) is 11.0 Å². The van der Waals surface area contributed by atoms with E-state index in [0.717, 1.165) is 55.0 Å². The Balaban J connectivity index is 1.65. The van der Waals surface area contributed by atoms with E-state index in [2.05, 4.69) is 14.9 Å². The van der Waals surface area contributed by atoms with Crippen molar-refractivity contribution in [1.29, 1.82) is 0 Å². The summed E-state index contributed by atoms with van der Waals surface area (Å²) in [5.74, 6) is 1.43. The summed E-state index contributed by atoms with van der Waals surface area (Å²) in [5.41, 5.74) is 8.50. The number of nitrogens with one attached hydrogen (secondary N) is 1. The van der Waals surface area contributed by atoms with Crippen LogP contribution in [-0.2, 0) is 6.54 Å². The summed E-state index contributed by atoms with van der Waals surface area (Å²) in [6, 6.07) is 5.75. The predicted octanol–water partition coefficient (Wildman–Crippen LogP) is 1.74. The summed E-state index contributed by atoms with van der Waals surface area (Å²) in [5, 5.41) is 9.63. The summed E-state index contributed by atoms with van der Waals surface area (Å²) >= 11 is 0. The minimum Gasteiger partial charge on any atom is -0.399 e. The van der Waals surface area contributed by atoms with Gasteiger partial charge in [0.2, 0.25) is 0 Å². The van der Waals surface area contributed by atoms with Gasteiger partial charge in [0.15, 0.2) is 0 Å². The van der Waals surface area contributed by atoms with Gasteiger partial charge in [-0.05, 0) is 57.0 Å². The van der Waals surface area contributed by atoms with E-state index in [1.807, 2.05) is 25.1 Å². The highest BCUT2D eigenvalue weighted by molar-refractivity contribution is 5.78. The van der Waals surface area contributed by atoms with Crippen molar-refractivity contribution in [3.8, 4) is 0 Å².